The maximum Gasteiger partial charge on any atom is 0.321 e. The number of aryl methyl sites for hydroxylation is 2. The number of hydrogen-bond donors (Lipinski definition) is 1. The van der Waals surface area contributed by atoms with Crippen molar-refractivity contribution in [2.75, 3.05) is 38.0 Å². The summed E-state index contributed by atoms with van der Waals surface area (Å²) in [6, 6.07) is 11.8. The minimum Gasteiger partial charge on any atom is -0.322 e. The van der Waals surface area contributed by atoms with Crippen LogP contribution in [0.5, 0.6) is 0 Å². The van der Waals surface area contributed by atoms with Crippen LogP contribution in [0.15, 0.2) is 42.6 Å². The number of piperazine rings is 1. The lowest BCUT2D eigenvalue weighted by Gasteiger charge is -2.34. The van der Waals surface area contributed by atoms with Crippen molar-refractivity contribution >= 4 is 22.9 Å². The molecule has 2 amide bonds. The molecule has 0 bridgehead atoms. The first-order chi connectivity index (χ1) is 13.6. The first kappa shape index (κ1) is 18.4. The molecule has 7 nitrogen and oxygen atoms in total. The van der Waals surface area contributed by atoms with Crippen molar-refractivity contribution in [3.05, 3.63) is 54.0 Å². The molecular formula is C21H26N6O. The average molecular weight is 378 g/mol. The molecule has 0 unspecified atom stereocenters. The third-order valence-electron chi connectivity index (χ3n) is 5.38. The van der Waals surface area contributed by atoms with Gasteiger partial charge in [0, 0.05) is 51.2 Å². The van der Waals surface area contributed by atoms with E-state index in [1.807, 2.05) is 61.3 Å². The fourth-order valence-corrected chi connectivity index (χ4v) is 3.66. The second-order valence-corrected chi connectivity index (χ2v) is 7.23. The number of nitrogens with one attached hydrogen (secondary N) is 1. The Bertz CT molecular complexity index is 974. The Morgan fingerprint density at radius 2 is 1.82 bits per heavy atom. The zero-order chi connectivity index (χ0) is 19.5. The van der Waals surface area contributed by atoms with Gasteiger partial charge < -0.3 is 14.8 Å². The minimum atomic E-state index is -0.0189. The number of urea groups is 1. The van der Waals surface area contributed by atoms with E-state index in [1.54, 1.807) is 0 Å². The van der Waals surface area contributed by atoms with Gasteiger partial charge in [-0.2, -0.15) is 0 Å². The van der Waals surface area contributed by atoms with Crippen molar-refractivity contribution < 1.29 is 4.79 Å². The number of hydrogen-bond acceptors (Lipinski definition) is 4. The average Bonchev–Trinajstić information content (AvgIpc) is 3.03. The van der Waals surface area contributed by atoms with Crippen LogP contribution in [0.25, 0.3) is 11.2 Å². The third kappa shape index (κ3) is 3.84. The van der Waals surface area contributed by atoms with Crippen LogP contribution >= 0.6 is 0 Å². The molecule has 1 aliphatic rings. The van der Waals surface area contributed by atoms with E-state index < -0.39 is 0 Å². The van der Waals surface area contributed by atoms with Crippen LogP contribution in [0, 0.1) is 13.8 Å². The molecule has 1 N–H and O–H groups in total. The van der Waals surface area contributed by atoms with E-state index in [0.29, 0.717) is 0 Å². The van der Waals surface area contributed by atoms with E-state index in [0.717, 1.165) is 67.5 Å². The Labute approximate surface area is 165 Å². The number of amides is 2. The molecule has 4 rings (SSSR count). The number of benzene rings is 1. The van der Waals surface area contributed by atoms with Gasteiger partial charge in [-0.3, -0.25) is 4.90 Å². The highest BCUT2D eigenvalue weighted by Gasteiger charge is 2.21. The molecule has 0 spiro atoms. The number of para-hydroxylation sites is 1. The van der Waals surface area contributed by atoms with Gasteiger partial charge >= 0.3 is 6.03 Å². The lowest BCUT2D eigenvalue weighted by atomic mass is 10.2. The standard InChI is InChI=1S/C21H26N6O/c1-16-6-3-4-7-18(16)24-21(28)26-13-10-25(11-14-26)12-15-27-17(2)23-19-8-5-9-22-20(19)27/h3-9H,10-15H2,1-2H3,(H,24,28). The summed E-state index contributed by atoms with van der Waals surface area (Å²) >= 11 is 0. The van der Waals surface area contributed by atoms with Gasteiger partial charge in [-0.15, -0.1) is 0 Å². The van der Waals surface area contributed by atoms with Crippen LogP contribution in [0.1, 0.15) is 11.4 Å². The van der Waals surface area contributed by atoms with Crippen molar-refractivity contribution in [2.24, 2.45) is 0 Å². The number of imidazole rings is 1. The number of carbonyl (C=O) groups is 1. The maximum atomic E-state index is 12.5. The van der Waals surface area contributed by atoms with Gasteiger partial charge in [-0.05, 0) is 37.6 Å². The van der Waals surface area contributed by atoms with Crippen LogP contribution in [0.2, 0.25) is 0 Å². The van der Waals surface area contributed by atoms with Gasteiger partial charge in [0.05, 0.1) is 0 Å². The second kappa shape index (κ2) is 7.98. The Morgan fingerprint density at radius 1 is 1.04 bits per heavy atom. The zero-order valence-electron chi connectivity index (χ0n) is 16.4. The summed E-state index contributed by atoms with van der Waals surface area (Å²) in [7, 11) is 0. The van der Waals surface area contributed by atoms with E-state index in [2.05, 4.69) is 24.8 Å². The summed E-state index contributed by atoms with van der Waals surface area (Å²) in [5.41, 5.74) is 3.84. The van der Waals surface area contributed by atoms with Crippen LogP contribution in [-0.4, -0.2) is 63.1 Å². The van der Waals surface area contributed by atoms with Crippen molar-refractivity contribution in [3.8, 4) is 0 Å². The number of fused-ring (bicyclic) bond motifs is 1. The lowest BCUT2D eigenvalue weighted by Crippen LogP contribution is -2.50. The van der Waals surface area contributed by atoms with Crippen molar-refractivity contribution in [1.82, 2.24) is 24.3 Å². The fourth-order valence-electron chi connectivity index (χ4n) is 3.66. The zero-order valence-corrected chi connectivity index (χ0v) is 16.4. The largest absolute Gasteiger partial charge is 0.322 e. The predicted octanol–water partition coefficient (Wildman–Crippen LogP) is 2.90. The first-order valence-electron chi connectivity index (χ1n) is 9.73. The topological polar surface area (TPSA) is 66.3 Å². The quantitative estimate of drug-likeness (QED) is 0.758. The molecule has 3 heterocycles. The summed E-state index contributed by atoms with van der Waals surface area (Å²) < 4.78 is 2.17. The van der Waals surface area contributed by atoms with Crippen LogP contribution in [-0.2, 0) is 6.54 Å². The Kier molecular flexibility index (Phi) is 5.25. The van der Waals surface area contributed by atoms with E-state index in [9.17, 15) is 4.79 Å². The Hall–Kier alpha value is -2.93. The molecule has 0 saturated carbocycles. The molecule has 28 heavy (non-hydrogen) atoms. The van der Waals surface area contributed by atoms with Gasteiger partial charge in [-0.25, -0.2) is 14.8 Å². The molecule has 146 valence electrons. The lowest BCUT2D eigenvalue weighted by molar-refractivity contribution is 0.144. The highest BCUT2D eigenvalue weighted by molar-refractivity contribution is 5.90. The second-order valence-electron chi connectivity index (χ2n) is 7.23. The first-order valence-corrected chi connectivity index (χ1v) is 9.73. The minimum absolute atomic E-state index is 0.0189. The van der Waals surface area contributed by atoms with Crippen molar-refractivity contribution in [1.29, 1.82) is 0 Å². The van der Waals surface area contributed by atoms with Gasteiger partial charge in [0.15, 0.2) is 5.65 Å². The van der Waals surface area contributed by atoms with Gasteiger partial charge in [0.1, 0.15) is 11.3 Å². The molecule has 3 aromatic rings. The molecule has 0 radical (unpaired) electrons. The molecule has 1 aromatic carbocycles. The van der Waals surface area contributed by atoms with Crippen molar-refractivity contribution in [3.63, 3.8) is 0 Å². The van der Waals surface area contributed by atoms with Crippen LogP contribution in [0.4, 0.5) is 10.5 Å². The van der Waals surface area contributed by atoms with Gasteiger partial charge in [0.2, 0.25) is 0 Å². The van der Waals surface area contributed by atoms with Crippen LogP contribution in [0.3, 0.4) is 0 Å². The van der Waals surface area contributed by atoms with E-state index in [1.165, 1.54) is 0 Å². The molecule has 7 heteroatoms. The fraction of sp³-hybridized carbons (Fsp3) is 0.381. The molecule has 0 aliphatic carbocycles. The summed E-state index contributed by atoms with van der Waals surface area (Å²) in [4.78, 5) is 25.9. The number of rotatable bonds is 4. The summed E-state index contributed by atoms with van der Waals surface area (Å²) in [5, 5.41) is 3.02. The molecule has 1 fully saturated rings. The highest BCUT2D eigenvalue weighted by Crippen LogP contribution is 2.15. The van der Waals surface area contributed by atoms with Gasteiger partial charge in [-0.1, -0.05) is 18.2 Å². The number of carbonyl (C=O) groups excluding carboxylic acids is 1. The molecular weight excluding hydrogens is 352 g/mol. The number of anilines is 1. The monoisotopic (exact) mass is 378 g/mol. The van der Waals surface area contributed by atoms with Gasteiger partial charge in [0.25, 0.3) is 0 Å². The van der Waals surface area contributed by atoms with E-state index >= 15 is 0 Å². The third-order valence-corrected chi connectivity index (χ3v) is 5.38. The number of pyridine rings is 1. The molecule has 2 aromatic heterocycles. The summed E-state index contributed by atoms with van der Waals surface area (Å²) in [5.74, 6) is 0.991. The normalized spacial score (nSPS) is 15.1. The highest BCUT2D eigenvalue weighted by atomic mass is 16.2. The molecule has 1 aliphatic heterocycles. The Morgan fingerprint density at radius 3 is 2.61 bits per heavy atom. The Balaban J connectivity index is 1.30. The predicted molar refractivity (Wildman–Crippen MR) is 110 cm³/mol. The smallest absolute Gasteiger partial charge is 0.321 e. The molecule has 1 saturated heterocycles. The van der Waals surface area contributed by atoms with Crippen molar-refractivity contribution in [2.45, 2.75) is 20.4 Å². The number of nitrogens with zero attached hydrogens (tertiary/aromatic N) is 5. The molecule has 0 atom stereocenters. The van der Waals surface area contributed by atoms with E-state index in [4.69, 9.17) is 0 Å². The SMILES string of the molecule is Cc1ccccc1NC(=O)N1CCN(CCn2c(C)nc3cccnc32)CC1. The summed E-state index contributed by atoms with van der Waals surface area (Å²) in [6.45, 7) is 9.03. The summed E-state index contributed by atoms with van der Waals surface area (Å²) in [6.07, 6.45) is 1.81. The number of aromatic nitrogens is 3. The maximum absolute atomic E-state index is 12.5. The van der Waals surface area contributed by atoms with Crippen LogP contribution < -0.4 is 5.32 Å². The van der Waals surface area contributed by atoms with E-state index in [-0.39, 0.29) is 6.03 Å².